The SMILES string of the molecule is CCNS(=O)(=O)Nc1cc(C)ccc1C#CCCO. The van der Waals surface area contributed by atoms with Crippen molar-refractivity contribution >= 4 is 15.9 Å². The molecule has 6 heteroatoms. The lowest BCUT2D eigenvalue weighted by atomic mass is 10.1. The molecule has 0 aliphatic carbocycles. The van der Waals surface area contributed by atoms with Gasteiger partial charge in [-0.05, 0) is 24.6 Å². The average molecular weight is 282 g/mol. The zero-order valence-electron chi connectivity index (χ0n) is 11.0. The molecule has 0 amide bonds. The Morgan fingerprint density at radius 3 is 2.74 bits per heavy atom. The molecule has 0 bridgehead atoms. The smallest absolute Gasteiger partial charge is 0.299 e. The molecule has 0 radical (unpaired) electrons. The minimum absolute atomic E-state index is 0.0166. The molecular formula is C13H18N2O3S. The van der Waals surface area contributed by atoms with Crippen molar-refractivity contribution in [3.63, 3.8) is 0 Å². The van der Waals surface area contributed by atoms with Crippen molar-refractivity contribution in [1.29, 1.82) is 0 Å². The molecule has 1 rings (SSSR count). The van der Waals surface area contributed by atoms with Crippen molar-refractivity contribution in [2.75, 3.05) is 17.9 Å². The van der Waals surface area contributed by atoms with Crippen LogP contribution in [0.15, 0.2) is 18.2 Å². The van der Waals surface area contributed by atoms with E-state index < -0.39 is 10.2 Å². The highest BCUT2D eigenvalue weighted by atomic mass is 32.2. The van der Waals surface area contributed by atoms with Gasteiger partial charge in [-0.25, -0.2) is 0 Å². The maximum absolute atomic E-state index is 11.7. The number of aryl methyl sites for hydroxylation is 1. The first kappa shape index (κ1) is 15.5. The summed E-state index contributed by atoms with van der Waals surface area (Å²) in [4.78, 5) is 0. The minimum atomic E-state index is -3.57. The van der Waals surface area contributed by atoms with Gasteiger partial charge in [0.2, 0.25) is 0 Å². The van der Waals surface area contributed by atoms with Gasteiger partial charge in [-0.15, -0.1) is 0 Å². The van der Waals surface area contributed by atoms with Gasteiger partial charge in [-0.1, -0.05) is 24.8 Å². The summed E-state index contributed by atoms with van der Waals surface area (Å²) < 4.78 is 28.2. The number of nitrogens with one attached hydrogen (secondary N) is 2. The van der Waals surface area contributed by atoms with E-state index in [1.54, 1.807) is 19.1 Å². The fraction of sp³-hybridized carbons (Fsp3) is 0.385. The molecule has 0 heterocycles. The number of hydrogen-bond donors (Lipinski definition) is 3. The molecule has 5 nitrogen and oxygen atoms in total. The number of anilines is 1. The Morgan fingerprint density at radius 2 is 2.11 bits per heavy atom. The fourth-order valence-electron chi connectivity index (χ4n) is 1.44. The minimum Gasteiger partial charge on any atom is -0.395 e. The summed E-state index contributed by atoms with van der Waals surface area (Å²) in [5.74, 6) is 5.62. The van der Waals surface area contributed by atoms with Crippen molar-refractivity contribution in [1.82, 2.24) is 4.72 Å². The van der Waals surface area contributed by atoms with Crippen LogP contribution in [0.3, 0.4) is 0 Å². The summed E-state index contributed by atoms with van der Waals surface area (Å²) in [6, 6.07) is 5.33. The maximum atomic E-state index is 11.7. The van der Waals surface area contributed by atoms with Crippen LogP contribution >= 0.6 is 0 Å². The second-order valence-corrected chi connectivity index (χ2v) is 5.43. The van der Waals surface area contributed by atoms with Gasteiger partial charge in [0, 0.05) is 18.5 Å². The Balaban J connectivity index is 3.05. The lowest BCUT2D eigenvalue weighted by Crippen LogP contribution is -2.30. The van der Waals surface area contributed by atoms with E-state index in [4.69, 9.17) is 5.11 Å². The Hall–Kier alpha value is -1.55. The normalized spacial score (nSPS) is 10.7. The van der Waals surface area contributed by atoms with Gasteiger partial charge in [0.25, 0.3) is 10.2 Å². The molecular weight excluding hydrogens is 264 g/mol. The summed E-state index contributed by atoms with van der Waals surface area (Å²) in [5, 5.41) is 8.69. The quantitative estimate of drug-likeness (QED) is 0.705. The topological polar surface area (TPSA) is 78.4 Å². The van der Waals surface area contributed by atoms with E-state index in [1.165, 1.54) is 0 Å². The number of aliphatic hydroxyl groups excluding tert-OH is 1. The Kier molecular flexibility index (Phi) is 5.83. The van der Waals surface area contributed by atoms with Crippen molar-refractivity contribution in [2.24, 2.45) is 0 Å². The zero-order valence-corrected chi connectivity index (χ0v) is 11.8. The van der Waals surface area contributed by atoms with Crippen LogP contribution in [0.2, 0.25) is 0 Å². The van der Waals surface area contributed by atoms with Gasteiger partial charge in [0.1, 0.15) is 0 Å². The first-order chi connectivity index (χ1) is 8.98. The van der Waals surface area contributed by atoms with Gasteiger partial charge < -0.3 is 5.11 Å². The predicted molar refractivity (Wildman–Crippen MR) is 76.0 cm³/mol. The molecule has 0 spiro atoms. The van der Waals surface area contributed by atoms with Crippen LogP contribution in [0, 0.1) is 18.8 Å². The Bertz CT molecular complexity index is 586. The molecule has 19 heavy (non-hydrogen) atoms. The molecule has 1 aromatic carbocycles. The van der Waals surface area contributed by atoms with Crippen LogP contribution < -0.4 is 9.44 Å². The Labute approximate surface area is 114 Å². The van der Waals surface area contributed by atoms with Crippen LogP contribution in [0.4, 0.5) is 5.69 Å². The molecule has 0 saturated carbocycles. The van der Waals surface area contributed by atoms with Gasteiger partial charge in [-0.3, -0.25) is 4.72 Å². The highest BCUT2D eigenvalue weighted by Gasteiger charge is 2.10. The van der Waals surface area contributed by atoms with E-state index in [2.05, 4.69) is 21.3 Å². The summed E-state index contributed by atoms with van der Waals surface area (Å²) >= 11 is 0. The highest BCUT2D eigenvalue weighted by Crippen LogP contribution is 2.17. The molecule has 0 aliphatic rings. The second kappa shape index (κ2) is 7.14. The third kappa shape index (κ3) is 5.30. The molecule has 0 saturated heterocycles. The summed E-state index contributed by atoms with van der Waals surface area (Å²) in [5.41, 5.74) is 1.95. The van der Waals surface area contributed by atoms with Crippen LogP contribution in [0.25, 0.3) is 0 Å². The zero-order chi connectivity index (χ0) is 14.3. The monoisotopic (exact) mass is 282 g/mol. The fourth-order valence-corrected chi connectivity index (χ4v) is 2.35. The van der Waals surface area contributed by atoms with Crippen molar-refractivity contribution in [3.05, 3.63) is 29.3 Å². The van der Waals surface area contributed by atoms with E-state index in [0.717, 1.165) is 5.56 Å². The lowest BCUT2D eigenvalue weighted by Gasteiger charge is -2.10. The summed E-state index contributed by atoms with van der Waals surface area (Å²) in [6.07, 6.45) is 0.354. The standard InChI is InChI=1S/C13H18N2O3S/c1-3-14-19(17,18)15-13-10-11(2)7-8-12(13)6-4-5-9-16/h7-8,10,14-16H,3,5,9H2,1-2H3. The van der Waals surface area contributed by atoms with Gasteiger partial charge >= 0.3 is 0 Å². The second-order valence-electron chi connectivity index (χ2n) is 3.93. The summed E-state index contributed by atoms with van der Waals surface area (Å²) in [7, 11) is -3.57. The van der Waals surface area contributed by atoms with Gasteiger partial charge in [0.15, 0.2) is 0 Å². The number of aliphatic hydroxyl groups is 1. The van der Waals surface area contributed by atoms with Crippen molar-refractivity contribution in [3.8, 4) is 11.8 Å². The first-order valence-corrected chi connectivity index (χ1v) is 7.44. The van der Waals surface area contributed by atoms with Gasteiger partial charge in [-0.2, -0.15) is 13.1 Å². The molecule has 3 N–H and O–H groups in total. The third-order valence-corrected chi connectivity index (χ3v) is 3.37. The number of rotatable bonds is 5. The van der Waals surface area contributed by atoms with Crippen LogP contribution in [-0.4, -0.2) is 26.7 Å². The van der Waals surface area contributed by atoms with Crippen molar-refractivity contribution in [2.45, 2.75) is 20.3 Å². The van der Waals surface area contributed by atoms with E-state index in [-0.39, 0.29) is 6.61 Å². The number of hydrogen-bond acceptors (Lipinski definition) is 3. The maximum Gasteiger partial charge on any atom is 0.299 e. The van der Waals surface area contributed by atoms with E-state index in [9.17, 15) is 8.42 Å². The van der Waals surface area contributed by atoms with E-state index >= 15 is 0 Å². The van der Waals surface area contributed by atoms with Crippen LogP contribution in [0.5, 0.6) is 0 Å². The average Bonchev–Trinajstić information content (AvgIpc) is 2.31. The van der Waals surface area contributed by atoms with Crippen LogP contribution in [-0.2, 0) is 10.2 Å². The van der Waals surface area contributed by atoms with Crippen LogP contribution in [0.1, 0.15) is 24.5 Å². The molecule has 104 valence electrons. The summed E-state index contributed by atoms with van der Waals surface area (Å²) in [6.45, 7) is 3.87. The van der Waals surface area contributed by atoms with Gasteiger partial charge in [0.05, 0.1) is 12.3 Å². The number of benzene rings is 1. The molecule has 1 aromatic rings. The van der Waals surface area contributed by atoms with E-state index in [0.29, 0.717) is 24.2 Å². The molecule has 0 atom stereocenters. The predicted octanol–water partition coefficient (Wildman–Crippen LogP) is 0.995. The molecule has 0 fully saturated rings. The lowest BCUT2D eigenvalue weighted by molar-refractivity contribution is 0.305. The van der Waals surface area contributed by atoms with E-state index in [1.807, 2.05) is 13.0 Å². The molecule has 0 unspecified atom stereocenters. The first-order valence-electron chi connectivity index (χ1n) is 5.96. The highest BCUT2D eigenvalue weighted by molar-refractivity contribution is 7.90. The van der Waals surface area contributed by atoms with Crippen molar-refractivity contribution < 1.29 is 13.5 Å². The Morgan fingerprint density at radius 1 is 1.37 bits per heavy atom. The third-order valence-electron chi connectivity index (χ3n) is 2.21. The molecule has 0 aromatic heterocycles. The molecule has 0 aliphatic heterocycles. The largest absolute Gasteiger partial charge is 0.395 e.